The summed E-state index contributed by atoms with van der Waals surface area (Å²) in [4.78, 5) is 18.4. The molecule has 0 saturated heterocycles. The zero-order chi connectivity index (χ0) is 22.5. The Kier molecular flexibility index (Phi) is 6.78. The van der Waals surface area contributed by atoms with E-state index in [0.29, 0.717) is 35.0 Å². The maximum absolute atomic E-state index is 12.7. The van der Waals surface area contributed by atoms with Crippen molar-refractivity contribution in [2.45, 2.75) is 19.6 Å². The van der Waals surface area contributed by atoms with Crippen LogP contribution in [0.4, 0.5) is 0 Å². The molecule has 0 aliphatic carbocycles. The number of nitrogens with one attached hydrogen (secondary N) is 1. The number of nitrogens with zero attached hydrogens (tertiary/aromatic N) is 1. The van der Waals surface area contributed by atoms with Gasteiger partial charge in [0.15, 0.2) is 16.9 Å². The van der Waals surface area contributed by atoms with Crippen molar-refractivity contribution >= 4 is 22.5 Å². The maximum Gasteiger partial charge on any atom is 0.189 e. The van der Waals surface area contributed by atoms with E-state index in [-0.39, 0.29) is 5.43 Å². The van der Waals surface area contributed by atoms with Crippen LogP contribution in [0, 0.1) is 0 Å². The first-order valence-electron chi connectivity index (χ1n) is 10.3. The Hall–Kier alpha value is -3.28. The van der Waals surface area contributed by atoms with Crippen LogP contribution in [0.1, 0.15) is 16.8 Å². The Morgan fingerprint density at radius 3 is 2.31 bits per heavy atom. The third-order valence-corrected chi connectivity index (χ3v) is 5.58. The molecule has 0 fully saturated rings. The lowest BCUT2D eigenvalue weighted by atomic mass is 10.1. The van der Waals surface area contributed by atoms with Gasteiger partial charge in [0.05, 0.1) is 14.2 Å². The molecule has 0 saturated carbocycles. The Labute approximate surface area is 192 Å². The summed E-state index contributed by atoms with van der Waals surface area (Å²) >= 11 is 6.06. The van der Waals surface area contributed by atoms with Gasteiger partial charge in [-0.3, -0.25) is 9.69 Å². The van der Waals surface area contributed by atoms with Gasteiger partial charge in [-0.2, -0.15) is 0 Å². The number of benzene rings is 3. The highest BCUT2D eigenvalue weighted by Gasteiger charge is 2.13. The zero-order valence-electron chi connectivity index (χ0n) is 18.1. The van der Waals surface area contributed by atoms with Crippen molar-refractivity contribution in [2.75, 3.05) is 14.2 Å². The molecule has 1 N–H and O–H groups in total. The first-order valence-corrected chi connectivity index (χ1v) is 10.7. The van der Waals surface area contributed by atoms with E-state index in [0.717, 1.165) is 23.3 Å². The number of aromatic amines is 1. The second kappa shape index (κ2) is 9.90. The van der Waals surface area contributed by atoms with E-state index in [1.807, 2.05) is 42.5 Å². The fourth-order valence-electron chi connectivity index (χ4n) is 3.85. The molecule has 0 amide bonds. The van der Waals surface area contributed by atoms with Gasteiger partial charge in [0.1, 0.15) is 0 Å². The van der Waals surface area contributed by atoms with Crippen molar-refractivity contribution in [3.05, 3.63) is 105 Å². The highest BCUT2D eigenvalue weighted by molar-refractivity contribution is 6.31. The zero-order valence-corrected chi connectivity index (χ0v) is 18.9. The second-order valence-electron chi connectivity index (χ2n) is 7.67. The quantitative estimate of drug-likeness (QED) is 0.392. The largest absolute Gasteiger partial charge is 0.493 e. The monoisotopic (exact) mass is 448 g/mol. The molecule has 4 rings (SSSR count). The van der Waals surface area contributed by atoms with Gasteiger partial charge in [-0.15, -0.1) is 0 Å². The highest BCUT2D eigenvalue weighted by atomic mass is 35.5. The van der Waals surface area contributed by atoms with Gasteiger partial charge >= 0.3 is 0 Å². The lowest BCUT2D eigenvalue weighted by molar-refractivity contribution is 0.244. The molecule has 6 heteroatoms. The topological polar surface area (TPSA) is 54.6 Å². The van der Waals surface area contributed by atoms with Crippen molar-refractivity contribution in [2.24, 2.45) is 0 Å². The predicted molar refractivity (Wildman–Crippen MR) is 129 cm³/mol. The second-order valence-corrected chi connectivity index (χ2v) is 8.11. The highest BCUT2D eigenvalue weighted by Crippen LogP contribution is 2.28. The third-order valence-electron chi connectivity index (χ3n) is 5.34. The summed E-state index contributed by atoms with van der Waals surface area (Å²) in [6.07, 6.45) is 0. The van der Waals surface area contributed by atoms with Gasteiger partial charge in [0.2, 0.25) is 0 Å². The standard InChI is InChI=1S/C26H25ClN2O3/c1-31-25-11-8-19(12-26(25)32-2)16-29(15-18-6-4-3-5-7-18)17-21-14-24(30)22-13-20(27)9-10-23(22)28-21/h3-14H,15-17H2,1-2H3,(H,28,30). The fourth-order valence-corrected chi connectivity index (χ4v) is 4.02. The van der Waals surface area contributed by atoms with Gasteiger partial charge < -0.3 is 14.5 Å². The summed E-state index contributed by atoms with van der Waals surface area (Å²) in [6.45, 7) is 1.99. The number of pyridine rings is 1. The van der Waals surface area contributed by atoms with Crippen molar-refractivity contribution in [3.63, 3.8) is 0 Å². The molecule has 0 radical (unpaired) electrons. The Balaban J connectivity index is 1.65. The molecule has 3 aromatic carbocycles. The van der Waals surface area contributed by atoms with Crippen LogP contribution in [-0.2, 0) is 19.6 Å². The fraction of sp³-hybridized carbons (Fsp3) is 0.192. The van der Waals surface area contributed by atoms with Crippen LogP contribution < -0.4 is 14.9 Å². The minimum Gasteiger partial charge on any atom is -0.493 e. The first-order chi connectivity index (χ1) is 15.6. The Morgan fingerprint density at radius 1 is 0.812 bits per heavy atom. The average Bonchev–Trinajstić information content (AvgIpc) is 2.80. The lowest BCUT2D eigenvalue weighted by Gasteiger charge is -2.23. The number of ether oxygens (including phenoxy) is 2. The van der Waals surface area contributed by atoms with Gasteiger partial charge in [-0.05, 0) is 41.5 Å². The number of hydrogen-bond acceptors (Lipinski definition) is 4. The van der Waals surface area contributed by atoms with Gasteiger partial charge in [-0.25, -0.2) is 0 Å². The van der Waals surface area contributed by atoms with Gasteiger partial charge in [0.25, 0.3) is 0 Å². The molecular weight excluding hydrogens is 424 g/mol. The van der Waals surface area contributed by atoms with Crippen LogP contribution >= 0.6 is 11.6 Å². The van der Waals surface area contributed by atoms with Crippen LogP contribution in [0.3, 0.4) is 0 Å². The average molecular weight is 449 g/mol. The van der Waals surface area contributed by atoms with Crippen molar-refractivity contribution in [1.82, 2.24) is 9.88 Å². The minimum atomic E-state index is -0.0398. The number of H-pyrrole nitrogens is 1. The van der Waals surface area contributed by atoms with Crippen LogP contribution in [0.25, 0.3) is 10.9 Å². The molecule has 1 aromatic heterocycles. The molecule has 0 aliphatic heterocycles. The Bertz CT molecular complexity index is 1270. The van der Waals surface area contributed by atoms with Crippen LogP contribution in [0.15, 0.2) is 77.6 Å². The summed E-state index contributed by atoms with van der Waals surface area (Å²) in [5.41, 5.74) is 3.88. The predicted octanol–water partition coefficient (Wildman–Crippen LogP) is 5.40. The number of rotatable bonds is 8. The van der Waals surface area contributed by atoms with E-state index >= 15 is 0 Å². The molecule has 0 aliphatic rings. The molecule has 32 heavy (non-hydrogen) atoms. The number of halogens is 1. The van der Waals surface area contributed by atoms with Crippen molar-refractivity contribution in [1.29, 1.82) is 0 Å². The van der Waals surface area contributed by atoms with Crippen LogP contribution in [0.5, 0.6) is 11.5 Å². The van der Waals surface area contributed by atoms with Gasteiger partial charge in [-0.1, -0.05) is 48.0 Å². The summed E-state index contributed by atoms with van der Waals surface area (Å²) in [5.74, 6) is 1.39. The number of fused-ring (bicyclic) bond motifs is 1. The summed E-state index contributed by atoms with van der Waals surface area (Å²) in [7, 11) is 3.26. The molecule has 0 unspecified atom stereocenters. The van der Waals surface area contributed by atoms with Gasteiger partial charge in [0, 0.05) is 47.3 Å². The lowest BCUT2D eigenvalue weighted by Crippen LogP contribution is -2.24. The summed E-state index contributed by atoms with van der Waals surface area (Å²) in [5, 5.41) is 1.14. The molecule has 5 nitrogen and oxygen atoms in total. The molecular formula is C26H25ClN2O3. The molecule has 0 spiro atoms. The molecule has 0 atom stereocenters. The van der Waals surface area contributed by atoms with E-state index in [4.69, 9.17) is 21.1 Å². The minimum absolute atomic E-state index is 0.0398. The Morgan fingerprint density at radius 2 is 1.56 bits per heavy atom. The molecule has 164 valence electrons. The molecule has 1 heterocycles. The van der Waals surface area contributed by atoms with E-state index in [9.17, 15) is 4.79 Å². The van der Waals surface area contributed by atoms with Crippen LogP contribution in [0.2, 0.25) is 5.02 Å². The van der Waals surface area contributed by atoms with E-state index in [1.54, 1.807) is 32.4 Å². The van der Waals surface area contributed by atoms with Crippen LogP contribution in [-0.4, -0.2) is 24.1 Å². The SMILES string of the molecule is COc1ccc(CN(Cc2ccccc2)Cc2cc(=O)c3cc(Cl)ccc3[nH]2)cc1OC. The number of aromatic nitrogens is 1. The normalized spacial score (nSPS) is 11.1. The summed E-state index contributed by atoms with van der Waals surface area (Å²) < 4.78 is 10.8. The molecule has 4 aromatic rings. The van der Waals surface area contributed by atoms with Crippen molar-refractivity contribution < 1.29 is 9.47 Å². The van der Waals surface area contributed by atoms with E-state index in [2.05, 4.69) is 22.0 Å². The third kappa shape index (κ3) is 5.13. The smallest absolute Gasteiger partial charge is 0.189 e. The van der Waals surface area contributed by atoms with E-state index in [1.165, 1.54) is 5.56 Å². The number of methoxy groups -OCH3 is 2. The maximum atomic E-state index is 12.7. The van der Waals surface area contributed by atoms with Crippen molar-refractivity contribution in [3.8, 4) is 11.5 Å². The first kappa shape index (κ1) is 21.9. The van der Waals surface area contributed by atoms with E-state index < -0.39 is 0 Å². The summed E-state index contributed by atoms with van der Waals surface area (Å²) in [6, 6.07) is 23.2. The molecule has 0 bridgehead atoms. The number of hydrogen-bond donors (Lipinski definition) is 1.